The maximum Gasteiger partial charge on any atom is 0.199 e. The molecule has 2 unspecified atom stereocenters. The molecule has 0 radical (unpaired) electrons. The molecule has 26 heavy (non-hydrogen) atoms. The molecule has 0 bridgehead atoms. The van der Waals surface area contributed by atoms with Crippen molar-refractivity contribution in [3.63, 3.8) is 0 Å². The summed E-state index contributed by atoms with van der Waals surface area (Å²) in [6.45, 7) is 4.93. The molecule has 2 aromatic heterocycles. The lowest BCUT2D eigenvalue weighted by molar-refractivity contribution is 0.153. The Balaban J connectivity index is 1.39. The summed E-state index contributed by atoms with van der Waals surface area (Å²) in [6.07, 6.45) is 1.91. The van der Waals surface area contributed by atoms with Gasteiger partial charge in [0.05, 0.1) is 24.5 Å². The molecule has 5 rings (SSSR count). The van der Waals surface area contributed by atoms with Gasteiger partial charge in [0.25, 0.3) is 0 Å². The van der Waals surface area contributed by atoms with Crippen LogP contribution in [0.25, 0.3) is 22.2 Å². The molecule has 0 saturated carbocycles. The van der Waals surface area contributed by atoms with Crippen LogP contribution in [0.3, 0.4) is 0 Å². The number of nitrogen functional groups attached to an aromatic ring is 1. The Morgan fingerprint density at radius 3 is 2.73 bits per heavy atom. The number of likely N-dealkylation sites (tertiary alicyclic amines) is 1. The van der Waals surface area contributed by atoms with Crippen molar-refractivity contribution in [1.29, 1.82) is 0 Å². The monoisotopic (exact) mass is 350 g/mol. The molecule has 2 aliphatic rings. The average molecular weight is 350 g/mol. The minimum atomic E-state index is 0.123. The number of fused-ring (bicyclic) bond motifs is 2. The van der Waals surface area contributed by atoms with Crippen molar-refractivity contribution in [2.24, 2.45) is 11.8 Å². The number of H-pyrrole nitrogens is 1. The number of aromatic hydroxyl groups is 1. The van der Waals surface area contributed by atoms with Crippen molar-refractivity contribution in [3.05, 3.63) is 42.1 Å². The number of benzene rings is 1. The van der Waals surface area contributed by atoms with Crippen molar-refractivity contribution in [2.75, 3.05) is 32.0 Å². The van der Waals surface area contributed by atoms with Crippen LogP contribution >= 0.6 is 0 Å². The molecular formula is C20H22N4O2. The van der Waals surface area contributed by atoms with E-state index in [9.17, 15) is 5.11 Å². The first kappa shape index (κ1) is 15.7. The van der Waals surface area contributed by atoms with Crippen LogP contribution in [0.1, 0.15) is 5.56 Å². The average Bonchev–Trinajstić information content (AvgIpc) is 3.28. The summed E-state index contributed by atoms with van der Waals surface area (Å²) in [5.41, 5.74) is 10.1. The fraction of sp³-hybridized carbons (Fsp3) is 0.350. The van der Waals surface area contributed by atoms with Gasteiger partial charge in [0.15, 0.2) is 5.88 Å². The first-order valence-corrected chi connectivity index (χ1v) is 9.03. The van der Waals surface area contributed by atoms with Gasteiger partial charge in [-0.3, -0.25) is 9.88 Å². The minimum Gasteiger partial charge on any atom is -0.494 e. The van der Waals surface area contributed by atoms with Crippen LogP contribution in [0.2, 0.25) is 0 Å². The fourth-order valence-corrected chi connectivity index (χ4v) is 4.29. The molecule has 0 spiro atoms. The van der Waals surface area contributed by atoms with Crippen LogP contribution in [-0.2, 0) is 11.3 Å². The third-order valence-corrected chi connectivity index (χ3v) is 5.61. The number of anilines is 1. The maximum absolute atomic E-state index is 10.3. The first-order valence-electron chi connectivity index (χ1n) is 9.03. The number of aromatic amines is 1. The molecular weight excluding hydrogens is 328 g/mol. The Morgan fingerprint density at radius 1 is 1.19 bits per heavy atom. The van der Waals surface area contributed by atoms with E-state index in [1.165, 1.54) is 5.56 Å². The molecule has 2 saturated heterocycles. The second-order valence-corrected chi connectivity index (χ2v) is 7.46. The number of hydrogen-bond donors (Lipinski definition) is 3. The van der Waals surface area contributed by atoms with Crippen molar-refractivity contribution in [2.45, 2.75) is 6.54 Å². The van der Waals surface area contributed by atoms with E-state index in [-0.39, 0.29) is 5.88 Å². The largest absolute Gasteiger partial charge is 0.494 e. The third-order valence-electron chi connectivity index (χ3n) is 5.61. The summed E-state index contributed by atoms with van der Waals surface area (Å²) >= 11 is 0. The van der Waals surface area contributed by atoms with E-state index in [1.54, 1.807) is 0 Å². The van der Waals surface area contributed by atoms with Gasteiger partial charge in [-0.25, -0.2) is 0 Å². The molecule has 2 aliphatic heterocycles. The predicted octanol–water partition coefficient (Wildman–Crippen LogP) is 2.60. The van der Waals surface area contributed by atoms with Gasteiger partial charge in [-0.2, -0.15) is 0 Å². The highest BCUT2D eigenvalue weighted by Gasteiger charge is 2.36. The Morgan fingerprint density at radius 2 is 2.00 bits per heavy atom. The van der Waals surface area contributed by atoms with Crippen LogP contribution in [0.5, 0.6) is 5.88 Å². The van der Waals surface area contributed by atoms with E-state index in [0.29, 0.717) is 23.1 Å². The lowest BCUT2D eigenvalue weighted by Crippen LogP contribution is -2.22. The normalized spacial score (nSPS) is 22.9. The van der Waals surface area contributed by atoms with E-state index in [0.717, 1.165) is 49.4 Å². The van der Waals surface area contributed by atoms with Crippen LogP contribution in [0, 0.1) is 11.8 Å². The summed E-state index contributed by atoms with van der Waals surface area (Å²) in [7, 11) is 0. The van der Waals surface area contributed by atoms with E-state index >= 15 is 0 Å². The summed E-state index contributed by atoms with van der Waals surface area (Å²) in [5.74, 6) is 1.50. The zero-order chi connectivity index (χ0) is 17.7. The molecule has 134 valence electrons. The molecule has 6 heteroatoms. The van der Waals surface area contributed by atoms with Crippen LogP contribution in [-0.4, -0.2) is 46.3 Å². The Labute approximate surface area is 151 Å². The molecule has 1 aromatic carbocycles. The molecule has 2 fully saturated rings. The molecule has 4 heterocycles. The van der Waals surface area contributed by atoms with E-state index in [2.05, 4.69) is 20.9 Å². The lowest BCUT2D eigenvalue weighted by atomic mass is 10.0. The second kappa shape index (κ2) is 6.00. The van der Waals surface area contributed by atoms with Gasteiger partial charge >= 0.3 is 0 Å². The number of hydrogen-bond acceptors (Lipinski definition) is 5. The smallest absolute Gasteiger partial charge is 0.199 e. The van der Waals surface area contributed by atoms with Crippen LogP contribution in [0.15, 0.2) is 36.5 Å². The number of aromatic nitrogens is 2. The summed E-state index contributed by atoms with van der Waals surface area (Å²) in [5, 5.41) is 11.2. The molecule has 0 amide bonds. The molecule has 3 aromatic rings. The maximum atomic E-state index is 10.3. The summed E-state index contributed by atoms with van der Waals surface area (Å²) < 4.78 is 5.55. The fourth-order valence-electron chi connectivity index (χ4n) is 4.29. The van der Waals surface area contributed by atoms with Crippen molar-refractivity contribution in [1.82, 2.24) is 14.9 Å². The van der Waals surface area contributed by atoms with E-state index in [1.807, 2.05) is 30.5 Å². The molecule has 2 atom stereocenters. The number of nitrogens with two attached hydrogens (primary N) is 1. The van der Waals surface area contributed by atoms with E-state index < -0.39 is 0 Å². The minimum absolute atomic E-state index is 0.123. The molecule has 4 N–H and O–H groups in total. The van der Waals surface area contributed by atoms with Crippen LogP contribution < -0.4 is 5.73 Å². The van der Waals surface area contributed by atoms with E-state index in [4.69, 9.17) is 10.5 Å². The van der Waals surface area contributed by atoms with Gasteiger partial charge < -0.3 is 20.6 Å². The Bertz CT molecular complexity index is 938. The second-order valence-electron chi connectivity index (χ2n) is 7.46. The number of rotatable bonds is 3. The third kappa shape index (κ3) is 2.62. The molecule has 6 nitrogen and oxygen atoms in total. The predicted molar refractivity (Wildman–Crippen MR) is 101 cm³/mol. The van der Waals surface area contributed by atoms with Crippen molar-refractivity contribution in [3.8, 4) is 17.1 Å². The summed E-state index contributed by atoms with van der Waals surface area (Å²) in [4.78, 5) is 10.1. The van der Waals surface area contributed by atoms with Crippen molar-refractivity contribution < 1.29 is 9.84 Å². The summed E-state index contributed by atoms with van der Waals surface area (Å²) in [6, 6.07) is 9.62. The Kier molecular flexibility index (Phi) is 3.62. The van der Waals surface area contributed by atoms with Gasteiger partial charge in [0.1, 0.15) is 0 Å². The number of nitrogens with one attached hydrogen (secondary N) is 1. The number of pyridine rings is 1. The number of nitrogens with zero attached hydrogens (tertiary/aromatic N) is 2. The van der Waals surface area contributed by atoms with Gasteiger partial charge in [-0.15, -0.1) is 0 Å². The highest BCUT2D eigenvalue weighted by atomic mass is 16.5. The van der Waals surface area contributed by atoms with Crippen LogP contribution in [0.4, 0.5) is 5.69 Å². The molecule has 0 aliphatic carbocycles. The first-order chi connectivity index (χ1) is 12.7. The zero-order valence-electron chi connectivity index (χ0n) is 14.5. The van der Waals surface area contributed by atoms with Gasteiger partial charge in [-0.1, -0.05) is 6.07 Å². The zero-order valence-corrected chi connectivity index (χ0v) is 14.5. The highest BCUT2D eigenvalue weighted by molar-refractivity contribution is 5.99. The SMILES string of the molecule is Nc1ccc2[nH]c(O)c(-c3ccc(CN4CC5COCC5C4)cn3)c2c1. The number of ether oxygens (including phenoxy) is 1. The quantitative estimate of drug-likeness (QED) is 0.632. The van der Waals surface area contributed by atoms with Gasteiger partial charge in [0, 0.05) is 54.3 Å². The van der Waals surface area contributed by atoms with Crippen molar-refractivity contribution >= 4 is 16.6 Å². The van der Waals surface area contributed by atoms with Gasteiger partial charge in [0.2, 0.25) is 0 Å². The topological polar surface area (TPSA) is 87.4 Å². The lowest BCUT2D eigenvalue weighted by Gasteiger charge is -2.16. The van der Waals surface area contributed by atoms with Gasteiger partial charge in [-0.05, 0) is 29.8 Å². The standard InChI is InChI=1S/C20H22N4O2/c21-15-2-4-17-16(5-15)19(20(25)23-17)18-3-1-12(6-22-18)7-24-8-13-10-26-11-14(13)9-24/h1-6,13-14,23,25H,7-11,21H2. The highest BCUT2D eigenvalue weighted by Crippen LogP contribution is 2.36. The Hall–Kier alpha value is -2.57.